The van der Waals surface area contributed by atoms with E-state index in [1.165, 1.54) is 6.20 Å². The zero-order valence-electron chi connectivity index (χ0n) is 12.2. The van der Waals surface area contributed by atoms with Crippen LogP contribution in [0.2, 0.25) is 0 Å². The van der Waals surface area contributed by atoms with Crippen molar-refractivity contribution in [2.75, 3.05) is 29.9 Å². The van der Waals surface area contributed by atoms with Gasteiger partial charge in [-0.1, -0.05) is 6.92 Å². The first-order valence-corrected chi connectivity index (χ1v) is 7.25. The third-order valence-electron chi connectivity index (χ3n) is 3.62. The van der Waals surface area contributed by atoms with Crippen LogP contribution in [0, 0.1) is 5.82 Å². The van der Waals surface area contributed by atoms with E-state index in [0.717, 1.165) is 25.8 Å². The van der Waals surface area contributed by atoms with E-state index in [1.807, 2.05) is 18.7 Å². The fourth-order valence-electron chi connectivity index (χ4n) is 2.38. The summed E-state index contributed by atoms with van der Waals surface area (Å²) in [7, 11) is 0. The third-order valence-corrected chi connectivity index (χ3v) is 3.62. The van der Waals surface area contributed by atoms with Gasteiger partial charge in [0, 0.05) is 19.6 Å². The minimum Gasteiger partial charge on any atom is -0.390 e. The van der Waals surface area contributed by atoms with Crippen molar-refractivity contribution in [2.24, 2.45) is 0 Å². The molecule has 1 unspecified atom stereocenters. The van der Waals surface area contributed by atoms with Crippen LogP contribution in [0.1, 0.15) is 39.5 Å². The van der Waals surface area contributed by atoms with Crippen molar-refractivity contribution in [1.82, 2.24) is 9.97 Å². The highest BCUT2D eigenvalue weighted by Gasteiger charge is 2.26. The average molecular weight is 282 g/mol. The molecule has 0 saturated carbocycles. The van der Waals surface area contributed by atoms with E-state index in [-0.39, 0.29) is 0 Å². The molecule has 1 saturated heterocycles. The van der Waals surface area contributed by atoms with Crippen LogP contribution in [0.3, 0.4) is 0 Å². The molecule has 1 aromatic rings. The molecule has 0 radical (unpaired) electrons. The summed E-state index contributed by atoms with van der Waals surface area (Å²) in [6.45, 7) is 5.96. The molecule has 0 aliphatic carbocycles. The maximum atomic E-state index is 13.9. The molecule has 2 rings (SSSR count). The number of aliphatic hydroxyl groups is 1. The number of hydrogen-bond donors (Lipinski definition) is 2. The Morgan fingerprint density at radius 2 is 2.25 bits per heavy atom. The molecule has 2 N–H and O–H groups in total. The Morgan fingerprint density at radius 3 is 3.00 bits per heavy atom. The standard InChI is InChI=1S/C14H23FN4O/c1-3-7-16-13-17-10-11(15)12(18-13)19-8-4-5-14(2,20)6-9-19/h10,20H,3-9H2,1-2H3,(H,16,17,18). The number of rotatable bonds is 4. The summed E-state index contributed by atoms with van der Waals surface area (Å²) in [5, 5.41) is 13.2. The molecule has 112 valence electrons. The Kier molecular flexibility index (Phi) is 4.75. The van der Waals surface area contributed by atoms with Crippen LogP contribution in [-0.4, -0.2) is 40.3 Å². The highest BCUT2D eigenvalue weighted by atomic mass is 19.1. The van der Waals surface area contributed by atoms with Gasteiger partial charge in [0.1, 0.15) is 0 Å². The monoisotopic (exact) mass is 282 g/mol. The second-order valence-corrected chi connectivity index (χ2v) is 5.63. The molecule has 1 aliphatic rings. The smallest absolute Gasteiger partial charge is 0.224 e. The Morgan fingerprint density at radius 1 is 1.45 bits per heavy atom. The normalized spacial score (nSPS) is 23.5. The van der Waals surface area contributed by atoms with Gasteiger partial charge in [0.2, 0.25) is 5.95 Å². The van der Waals surface area contributed by atoms with Gasteiger partial charge in [0.05, 0.1) is 11.8 Å². The van der Waals surface area contributed by atoms with Crippen LogP contribution >= 0.6 is 0 Å². The number of anilines is 2. The van der Waals surface area contributed by atoms with Crippen molar-refractivity contribution >= 4 is 11.8 Å². The molecule has 5 nitrogen and oxygen atoms in total. The largest absolute Gasteiger partial charge is 0.390 e. The van der Waals surface area contributed by atoms with Gasteiger partial charge in [0.15, 0.2) is 11.6 Å². The second-order valence-electron chi connectivity index (χ2n) is 5.63. The van der Waals surface area contributed by atoms with Gasteiger partial charge in [-0.25, -0.2) is 9.37 Å². The lowest BCUT2D eigenvalue weighted by atomic mass is 9.98. The predicted octanol–water partition coefficient (Wildman–Crippen LogP) is 2.18. The molecule has 1 aromatic heterocycles. The zero-order chi connectivity index (χ0) is 14.6. The zero-order valence-corrected chi connectivity index (χ0v) is 12.2. The molecule has 0 aromatic carbocycles. The average Bonchev–Trinajstić information content (AvgIpc) is 2.59. The van der Waals surface area contributed by atoms with Gasteiger partial charge >= 0.3 is 0 Å². The molecule has 1 atom stereocenters. The van der Waals surface area contributed by atoms with Gasteiger partial charge in [-0.2, -0.15) is 4.98 Å². The molecular formula is C14H23FN4O. The fraction of sp³-hybridized carbons (Fsp3) is 0.714. The fourth-order valence-corrected chi connectivity index (χ4v) is 2.38. The van der Waals surface area contributed by atoms with E-state index in [9.17, 15) is 9.50 Å². The molecule has 1 aliphatic heterocycles. The van der Waals surface area contributed by atoms with E-state index < -0.39 is 11.4 Å². The molecule has 6 heteroatoms. The molecule has 0 bridgehead atoms. The summed E-state index contributed by atoms with van der Waals surface area (Å²) in [6, 6.07) is 0. The van der Waals surface area contributed by atoms with E-state index in [2.05, 4.69) is 15.3 Å². The number of nitrogens with zero attached hydrogens (tertiary/aromatic N) is 3. The summed E-state index contributed by atoms with van der Waals surface area (Å²) in [6.07, 6.45) is 4.35. The summed E-state index contributed by atoms with van der Waals surface area (Å²) in [4.78, 5) is 10.1. The first-order valence-electron chi connectivity index (χ1n) is 7.25. The van der Waals surface area contributed by atoms with Gasteiger partial charge < -0.3 is 15.3 Å². The molecular weight excluding hydrogens is 259 g/mol. The highest BCUT2D eigenvalue weighted by Crippen LogP contribution is 2.26. The van der Waals surface area contributed by atoms with Crippen LogP contribution in [0.15, 0.2) is 6.20 Å². The number of nitrogens with one attached hydrogen (secondary N) is 1. The molecule has 1 fully saturated rings. The number of aromatic nitrogens is 2. The van der Waals surface area contributed by atoms with E-state index in [4.69, 9.17) is 0 Å². The number of hydrogen-bond acceptors (Lipinski definition) is 5. The summed E-state index contributed by atoms with van der Waals surface area (Å²) < 4.78 is 13.9. The van der Waals surface area contributed by atoms with Crippen molar-refractivity contribution in [3.05, 3.63) is 12.0 Å². The molecule has 20 heavy (non-hydrogen) atoms. The highest BCUT2D eigenvalue weighted by molar-refractivity contribution is 5.44. The van der Waals surface area contributed by atoms with Crippen molar-refractivity contribution in [2.45, 2.75) is 45.1 Å². The Hall–Kier alpha value is -1.43. The minimum absolute atomic E-state index is 0.330. The first kappa shape index (κ1) is 15.0. The maximum absolute atomic E-state index is 13.9. The molecule has 0 spiro atoms. The van der Waals surface area contributed by atoms with Crippen LogP contribution in [0.5, 0.6) is 0 Å². The minimum atomic E-state index is -0.665. The Labute approximate surface area is 119 Å². The van der Waals surface area contributed by atoms with Crippen LogP contribution in [0.4, 0.5) is 16.2 Å². The second kappa shape index (κ2) is 6.35. The lowest BCUT2D eigenvalue weighted by Crippen LogP contribution is -2.29. The van der Waals surface area contributed by atoms with E-state index in [1.54, 1.807) is 0 Å². The predicted molar refractivity (Wildman–Crippen MR) is 77.5 cm³/mol. The van der Waals surface area contributed by atoms with Crippen LogP contribution in [-0.2, 0) is 0 Å². The Bertz CT molecular complexity index is 453. The van der Waals surface area contributed by atoms with E-state index >= 15 is 0 Å². The van der Waals surface area contributed by atoms with Crippen molar-refractivity contribution in [3.63, 3.8) is 0 Å². The topological polar surface area (TPSA) is 61.3 Å². The van der Waals surface area contributed by atoms with Gasteiger partial charge in [-0.3, -0.25) is 0 Å². The van der Waals surface area contributed by atoms with Crippen LogP contribution in [0.25, 0.3) is 0 Å². The quantitative estimate of drug-likeness (QED) is 0.886. The summed E-state index contributed by atoms with van der Waals surface area (Å²) in [5.41, 5.74) is -0.665. The molecule has 2 heterocycles. The lowest BCUT2D eigenvalue weighted by Gasteiger charge is -2.23. The Balaban J connectivity index is 2.14. The lowest BCUT2D eigenvalue weighted by molar-refractivity contribution is 0.0481. The van der Waals surface area contributed by atoms with Gasteiger partial charge in [-0.05, 0) is 32.6 Å². The van der Waals surface area contributed by atoms with Gasteiger partial charge in [-0.15, -0.1) is 0 Å². The third kappa shape index (κ3) is 3.79. The maximum Gasteiger partial charge on any atom is 0.224 e. The van der Waals surface area contributed by atoms with E-state index in [0.29, 0.717) is 31.3 Å². The summed E-state index contributed by atoms with van der Waals surface area (Å²) >= 11 is 0. The number of halogens is 1. The SMILES string of the molecule is CCCNc1ncc(F)c(N2CCCC(C)(O)CC2)n1. The molecule has 0 amide bonds. The van der Waals surface area contributed by atoms with Crippen molar-refractivity contribution in [1.29, 1.82) is 0 Å². The van der Waals surface area contributed by atoms with Gasteiger partial charge in [0.25, 0.3) is 0 Å². The van der Waals surface area contributed by atoms with Crippen molar-refractivity contribution < 1.29 is 9.50 Å². The van der Waals surface area contributed by atoms with Crippen molar-refractivity contribution in [3.8, 4) is 0 Å². The van der Waals surface area contributed by atoms with Crippen LogP contribution < -0.4 is 10.2 Å². The first-order chi connectivity index (χ1) is 9.52. The summed E-state index contributed by atoms with van der Waals surface area (Å²) in [5.74, 6) is 0.379.